The number of carbonyl (C=O) groups is 1. The molecule has 1 atom stereocenters. The normalized spacial score (nSPS) is 13.6. The van der Waals surface area contributed by atoms with E-state index in [1.165, 1.54) is 0 Å². The van der Waals surface area contributed by atoms with Crippen LogP contribution in [0.2, 0.25) is 0 Å². The third-order valence-corrected chi connectivity index (χ3v) is 2.05. The van der Waals surface area contributed by atoms with Gasteiger partial charge in [-0.25, -0.2) is 0 Å². The smallest absolute Gasteiger partial charge is 0.152 e. The first-order chi connectivity index (χ1) is 6.45. The van der Waals surface area contributed by atoms with Crippen LogP contribution in [0.25, 0.3) is 0 Å². The van der Waals surface area contributed by atoms with Crippen LogP contribution in [-0.2, 0) is 9.53 Å². The summed E-state index contributed by atoms with van der Waals surface area (Å²) in [7, 11) is 0. The van der Waals surface area contributed by atoms with E-state index in [1.54, 1.807) is 0 Å². The van der Waals surface area contributed by atoms with E-state index < -0.39 is 0 Å². The Kier molecular flexibility index (Phi) is 6.75. The molecule has 3 heteroatoms. The Balaban J connectivity index is 3.54. The summed E-state index contributed by atoms with van der Waals surface area (Å²) in [6.45, 7) is 8.45. The standard InChI is InChI=1S/C11H23NO2/c1-8(2)11(13)10(12)6-5-7-14-9(3)4/h8-10H,5-7,12H2,1-4H3. The maximum Gasteiger partial charge on any atom is 0.152 e. The number of nitrogens with two attached hydrogens (primary N) is 1. The average molecular weight is 201 g/mol. The molecule has 0 saturated carbocycles. The summed E-state index contributed by atoms with van der Waals surface area (Å²) in [5, 5.41) is 0. The van der Waals surface area contributed by atoms with E-state index in [0.717, 1.165) is 12.8 Å². The number of ether oxygens (including phenoxy) is 1. The first kappa shape index (κ1) is 13.6. The highest BCUT2D eigenvalue weighted by molar-refractivity contribution is 5.85. The summed E-state index contributed by atoms with van der Waals surface area (Å²) in [5.41, 5.74) is 5.73. The molecule has 0 amide bonds. The average Bonchev–Trinajstić information content (AvgIpc) is 2.10. The lowest BCUT2D eigenvalue weighted by molar-refractivity contribution is -0.123. The third kappa shape index (κ3) is 6.11. The van der Waals surface area contributed by atoms with Crippen molar-refractivity contribution >= 4 is 5.78 Å². The molecule has 0 spiro atoms. The van der Waals surface area contributed by atoms with Crippen molar-refractivity contribution in [2.75, 3.05) is 6.61 Å². The molecular formula is C11H23NO2. The van der Waals surface area contributed by atoms with E-state index in [-0.39, 0.29) is 23.8 Å². The van der Waals surface area contributed by atoms with Crippen LogP contribution >= 0.6 is 0 Å². The topological polar surface area (TPSA) is 52.3 Å². The van der Waals surface area contributed by atoms with Gasteiger partial charge in [0.25, 0.3) is 0 Å². The van der Waals surface area contributed by atoms with Gasteiger partial charge >= 0.3 is 0 Å². The Morgan fingerprint density at radius 2 is 1.86 bits per heavy atom. The molecule has 0 aliphatic carbocycles. The molecule has 14 heavy (non-hydrogen) atoms. The van der Waals surface area contributed by atoms with Crippen molar-refractivity contribution < 1.29 is 9.53 Å². The van der Waals surface area contributed by atoms with Crippen LogP contribution in [0.3, 0.4) is 0 Å². The molecule has 0 fully saturated rings. The van der Waals surface area contributed by atoms with Crippen molar-refractivity contribution in [1.82, 2.24) is 0 Å². The predicted molar refractivity (Wildman–Crippen MR) is 58.1 cm³/mol. The van der Waals surface area contributed by atoms with Crippen molar-refractivity contribution in [3.8, 4) is 0 Å². The molecule has 0 aromatic carbocycles. The van der Waals surface area contributed by atoms with E-state index in [4.69, 9.17) is 10.5 Å². The Morgan fingerprint density at radius 1 is 1.29 bits per heavy atom. The zero-order valence-corrected chi connectivity index (χ0v) is 9.75. The van der Waals surface area contributed by atoms with Gasteiger partial charge in [-0.2, -0.15) is 0 Å². The summed E-state index contributed by atoms with van der Waals surface area (Å²) in [6.07, 6.45) is 1.84. The molecular weight excluding hydrogens is 178 g/mol. The monoisotopic (exact) mass is 201 g/mol. The molecule has 3 nitrogen and oxygen atoms in total. The van der Waals surface area contributed by atoms with Crippen LogP contribution in [0.4, 0.5) is 0 Å². The van der Waals surface area contributed by atoms with Crippen molar-refractivity contribution in [2.45, 2.75) is 52.7 Å². The highest BCUT2D eigenvalue weighted by Gasteiger charge is 2.16. The highest BCUT2D eigenvalue weighted by Crippen LogP contribution is 2.04. The summed E-state index contributed by atoms with van der Waals surface area (Å²) in [4.78, 5) is 11.4. The van der Waals surface area contributed by atoms with Gasteiger partial charge in [-0.3, -0.25) is 4.79 Å². The lowest BCUT2D eigenvalue weighted by Crippen LogP contribution is -2.33. The SMILES string of the molecule is CC(C)OCCCC(N)C(=O)C(C)C. The molecule has 0 aliphatic heterocycles. The summed E-state index contributed by atoms with van der Waals surface area (Å²) in [6, 6.07) is -0.314. The minimum absolute atomic E-state index is 0.0380. The van der Waals surface area contributed by atoms with Crippen molar-refractivity contribution in [3.63, 3.8) is 0 Å². The zero-order chi connectivity index (χ0) is 11.1. The van der Waals surface area contributed by atoms with E-state index in [1.807, 2.05) is 27.7 Å². The quantitative estimate of drug-likeness (QED) is 0.638. The largest absolute Gasteiger partial charge is 0.379 e. The Labute approximate surface area is 87.0 Å². The second-order valence-electron chi connectivity index (χ2n) is 4.23. The number of Topliss-reactive ketones (excluding diaryl/α,β-unsaturated/α-hetero) is 1. The first-order valence-corrected chi connectivity index (χ1v) is 5.36. The number of ketones is 1. The Bertz CT molecular complexity index is 167. The molecule has 1 unspecified atom stereocenters. The fraction of sp³-hybridized carbons (Fsp3) is 0.909. The van der Waals surface area contributed by atoms with Crippen LogP contribution in [0, 0.1) is 5.92 Å². The minimum Gasteiger partial charge on any atom is -0.379 e. The van der Waals surface area contributed by atoms with E-state index in [9.17, 15) is 4.79 Å². The molecule has 0 bridgehead atoms. The molecule has 2 N–H and O–H groups in total. The lowest BCUT2D eigenvalue weighted by atomic mass is 9.99. The minimum atomic E-state index is -0.314. The van der Waals surface area contributed by atoms with Gasteiger partial charge < -0.3 is 10.5 Å². The number of carbonyl (C=O) groups excluding carboxylic acids is 1. The first-order valence-electron chi connectivity index (χ1n) is 5.36. The summed E-state index contributed by atoms with van der Waals surface area (Å²) in [5.74, 6) is 0.186. The zero-order valence-electron chi connectivity index (χ0n) is 9.75. The molecule has 0 aromatic heterocycles. The Hall–Kier alpha value is -0.410. The summed E-state index contributed by atoms with van der Waals surface area (Å²) < 4.78 is 5.37. The van der Waals surface area contributed by atoms with Crippen LogP contribution in [0.1, 0.15) is 40.5 Å². The maximum absolute atomic E-state index is 11.4. The van der Waals surface area contributed by atoms with Gasteiger partial charge in [-0.1, -0.05) is 13.8 Å². The van der Waals surface area contributed by atoms with E-state index in [2.05, 4.69) is 0 Å². The van der Waals surface area contributed by atoms with Gasteiger partial charge in [0, 0.05) is 12.5 Å². The molecule has 0 heterocycles. The lowest BCUT2D eigenvalue weighted by Gasteiger charge is -2.13. The van der Waals surface area contributed by atoms with Crippen molar-refractivity contribution in [3.05, 3.63) is 0 Å². The summed E-state index contributed by atoms with van der Waals surface area (Å²) >= 11 is 0. The molecule has 84 valence electrons. The van der Waals surface area contributed by atoms with Gasteiger partial charge in [-0.05, 0) is 26.7 Å². The molecule has 0 radical (unpaired) electrons. The molecule has 0 aliphatic rings. The maximum atomic E-state index is 11.4. The third-order valence-electron chi connectivity index (χ3n) is 2.05. The molecule has 0 rings (SSSR count). The number of hydrogen-bond donors (Lipinski definition) is 1. The van der Waals surface area contributed by atoms with Crippen LogP contribution in [0.15, 0.2) is 0 Å². The van der Waals surface area contributed by atoms with Gasteiger partial charge in [0.2, 0.25) is 0 Å². The molecule has 0 saturated heterocycles. The van der Waals surface area contributed by atoms with E-state index in [0.29, 0.717) is 6.61 Å². The van der Waals surface area contributed by atoms with Crippen molar-refractivity contribution in [2.24, 2.45) is 11.7 Å². The van der Waals surface area contributed by atoms with Crippen molar-refractivity contribution in [1.29, 1.82) is 0 Å². The van der Waals surface area contributed by atoms with Gasteiger partial charge in [0.15, 0.2) is 5.78 Å². The predicted octanol–water partition coefficient (Wildman–Crippen LogP) is 1.74. The van der Waals surface area contributed by atoms with Gasteiger partial charge in [-0.15, -0.1) is 0 Å². The number of hydrogen-bond acceptors (Lipinski definition) is 3. The highest BCUT2D eigenvalue weighted by atomic mass is 16.5. The number of rotatable bonds is 7. The van der Waals surface area contributed by atoms with Crippen LogP contribution < -0.4 is 5.73 Å². The van der Waals surface area contributed by atoms with Gasteiger partial charge in [0.1, 0.15) is 0 Å². The van der Waals surface area contributed by atoms with Crippen LogP contribution in [-0.4, -0.2) is 24.5 Å². The van der Waals surface area contributed by atoms with Gasteiger partial charge in [0.05, 0.1) is 12.1 Å². The Morgan fingerprint density at radius 3 is 2.29 bits per heavy atom. The second kappa shape index (κ2) is 6.96. The van der Waals surface area contributed by atoms with E-state index >= 15 is 0 Å². The van der Waals surface area contributed by atoms with Crippen LogP contribution in [0.5, 0.6) is 0 Å². The fourth-order valence-corrected chi connectivity index (χ4v) is 1.19. The second-order valence-corrected chi connectivity index (χ2v) is 4.23. The molecule has 0 aromatic rings. The fourth-order valence-electron chi connectivity index (χ4n) is 1.19.